The van der Waals surface area contributed by atoms with E-state index >= 15 is 0 Å². The monoisotopic (exact) mass is 322 g/mol. The molecular formula is C17H14N4OS. The van der Waals surface area contributed by atoms with Crippen molar-refractivity contribution in [2.24, 2.45) is 0 Å². The van der Waals surface area contributed by atoms with E-state index in [1.807, 2.05) is 24.5 Å². The first-order valence-corrected chi connectivity index (χ1v) is 8.15. The summed E-state index contributed by atoms with van der Waals surface area (Å²) in [7, 11) is 0. The molecule has 0 spiro atoms. The molecule has 1 aliphatic rings. The summed E-state index contributed by atoms with van der Waals surface area (Å²) in [5.41, 5.74) is 2.83. The summed E-state index contributed by atoms with van der Waals surface area (Å²) in [4.78, 5) is 18.5. The lowest BCUT2D eigenvalue weighted by atomic mass is 9.96. The summed E-state index contributed by atoms with van der Waals surface area (Å²) in [6.45, 7) is 1.28. The third-order valence-electron chi connectivity index (χ3n) is 4.09. The van der Waals surface area contributed by atoms with Crippen LogP contribution in [0.15, 0.2) is 48.9 Å². The molecular weight excluding hydrogens is 308 g/mol. The number of benzene rings is 1. The molecule has 0 saturated heterocycles. The van der Waals surface area contributed by atoms with Gasteiger partial charge in [-0.3, -0.25) is 9.78 Å². The number of rotatable bonds is 2. The minimum atomic E-state index is -0.0508. The highest BCUT2D eigenvalue weighted by atomic mass is 32.1. The molecule has 3 heterocycles. The zero-order chi connectivity index (χ0) is 15.6. The first kappa shape index (κ1) is 14.0. The van der Waals surface area contributed by atoms with Crippen LogP contribution < -0.4 is 0 Å². The smallest absolute Gasteiger partial charge is 0.275 e. The Morgan fingerprint density at radius 3 is 2.87 bits per heavy atom. The van der Waals surface area contributed by atoms with Crippen molar-refractivity contribution in [1.29, 1.82) is 0 Å². The fourth-order valence-corrected chi connectivity index (χ4v) is 3.30. The molecule has 1 amide bonds. The molecule has 0 bridgehead atoms. The molecule has 0 N–H and O–H groups in total. The van der Waals surface area contributed by atoms with Gasteiger partial charge in [0.1, 0.15) is 0 Å². The highest BCUT2D eigenvalue weighted by molar-refractivity contribution is 6.99. The van der Waals surface area contributed by atoms with Gasteiger partial charge in [-0.2, -0.15) is 8.75 Å². The summed E-state index contributed by atoms with van der Waals surface area (Å²) in [5, 5.41) is 2.34. The van der Waals surface area contributed by atoms with Gasteiger partial charge in [0, 0.05) is 36.4 Å². The van der Waals surface area contributed by atoms with Crippen molar-refractivity contribution in [3.8, 4) is 0 Å². The minimum Gasteiger partial charge on any atom is -0.333 e. The van der Waals surface area contributed by atoms with Crippen molar-refractivity contribution in [2.75, 3.05) is 13.1 Å². The summed E-state index contributed by atoms with van der Waals surface area (Å²) in [6.07, 6.45) is 8.26. The van der Waals surface area contributed by atoms with Gasteiger partial charge < -0.3 is 4.90 Å². The van der Waals surface area contributed by atoms with E-state index in [9.17, 15) is 4.79 Å². The Kier molecular flexibility index (Phi) is 3.59. The molecule has 0 aliphatic carbocycles. The molecule has 2 aromatic heterocycles. The molecule has 114 valence electrons. The van der Waals surface area contributed by atoms with Crippen LogP contribution in [-0.2, 0) is 0 Å². The van der Waals surface area contributed by atoms with Gasteiger partial charge in [-0.05, 0) is 17.4 Å². The third-order valence-corrected chi connectivity index (χ3v) is 4.57. The fourth-order valence-electron chi connectivity index (χ4n) is 2.89. The van der Waals surface area contributed by atoms with Crippen LogP contribution in [0.25, 0.3) is 16.3 Å². The Balaban J connectivity index is 1.61. The number of hydrogen-bond acceptors (Lipinski definition) is 5. The molecule has 3 aromatic rings. The van der Waals surface area contributed by atoms with Gasteiger partial charge >= 0.3 is 0 Å². The number of fused-ring (bicyclic) bond motifs is 1. The Morgan fingerprint density at radius 1 is 1.17 bits per heavy atom. The van der Waals surface area contributed by atoms with E-state index in [0.29, 0.717) is 18.8 Å². The van der Waals surface area contributed by atoms with Gasteiger partial charge in [0.15, 0.2) is 5.69 Å². The number of aromatic nitrogens is 3. The maximum Gasteiger partial charge on any atom is 0.275 e. The zero-order valence-electron chi connectivity index (χ0n) is 12.3. The molecule has 4 rings (SSSR count). The van der Waals surface area contributed by atoms with Crippen LogP contribution in [0.3, 0.4) is 0 Å². The van der Waals surface area contributed by atoms with Crippen molar-refractivity contribution < 1.29 is 4.79 Å². The van der Waals surface area contributed by atoms with Crippen molar-refractivity contribution >= 4 is 34.0 Å². The highest BCUT2D eigenvalue weighted by Gasteiger charge is 2.21. The average Bonchev–Trinajstić information content (AvgIpc) is 3.15. The minimum absolute atomic E-state index is 0.0508. The summed E-state index contributed by atoms with van der Waals surface area (Å²) >= 11 is 1.06. The average molecular weight is 322 g/mol. The maximum atomic E-state index is 12.3. The summed E-state index contributed by atoms with van der Waals surface area (Å²) in [6, 6.07) is 8.25. The lowest BCUT2D eigenvalue weighted by molar-refractivity contribution is 0.0768. The van der Waals surface area contributed by atoms with E-state index in [4.69, 9.17) is 0 Å². The number of amides is 1. The van der Waals surface area contributed by atoms with Crippen LogP contribution in [0.4, 0.5) is 0 Å². The first-order chi connectivity index (χ1) is 11.3. The Labute approximate surface area is 137 Å². The van der Waals surface area contributed by atoms with E-state index in [-0.39, 0.29) is 5.91 Å². The van der Waals surface area contributed by atoms with Crippen molar-refractivity contribution in [3.63, 3.8) is 0 Å². The standard InChI is InChI=1S/C17H14N4OS/c22-17(16-11-19-23-20-16)21-7-5-12(6-8-21)15-10-18-9-13-3-1-2-4-14(13)15/h1-5,9-11H,6-8H2. The van der Waals surface area contributed by atoms with Gasteiger partial charge in [-0.15, -0.1) is 0 Å². The van der Waals surface area contributed by atoms with Crippen molar-refractivity contribution in [3.05, 3.63) is 60.2 Å². The molecule has 5 nitrogen and oxygen atoms in total. The largest absolute Gasteiger partial charge is 0.333 e. The molecule has 0 fully saturated rings. The molecule has 0 atom stereocenters. The third kappa shape index (κ3) is 2.61. The lowest BCUT2D eigenvalue weighted by Crippen LogP contribution is -2.34. The van der Waals surface area contributed by atoms with E-state index < -0.39 is 0 Å². The van der Waals surface area contributed by atoms with Gasteiger partial charge in [-0.25, -0.2) is 0 Å². The number of pyridine rings is 1. The van der Waals surface area contributed by atoms with Gasteiger partial charge in [0.25, 0.3) is 5.91 Å². The predicted octanol–water partition coefficient (Wildman–Crippen LogP) is 3.02. The second kappa shape index (κ2) is 5.89. The number of carbonyl (C=O) groups is 1. The van der Waals surface area contributed by atoms with Gasteiger partial charge in [0.2, 0.25) is 0 Å². The van der Waals surface area contributed by atoms with Gasteiger partial charge in [-0.1, -0.05) is 30.3 Å². The molecule has 0 unspecified atom stereocenters. The van der Waals surface area contributed by atoms with E-state index in [0.717, 1.165) is 29.1 Å². The quantitative estimate of drug-likeness (QED) is 0.728. The van der Waals surface area contributed by atoms with Crippen molar-refractivity contribution in [1.82, 2.24) is 18.6 Å². The van der Waals surface area contributed by atoms with Crippen LogP contribution in [0, 0.1) is 0 Å². The zero-order valence-corrected chi connectivity index (χ0v) is 13.2. The Morgan fingerprint density at radius 2 is 2.09 bits per heavy atom. The van der Waals surface area contributed by atoms with E-state index in [1.165, 1.54) is 17.2 Å². The molecule has 1 aromatic carbocycles. The maximum absolute atomic E-state index is 12.3. The molecule has 0 radical (unpaired) electrons. The SMILES string of the molecule is O=C(c1cnsn1)N1CC=C(c2cncc3ccccc23)CC1. The van der Waals surface area contributed by atoms with Crippen LogP contribution in [0.5, 0.6) is 0 Å². The second-order valence-electron chi connectivity index (χ2n) is 5.43. The summed E-state index contributed by atoms with van der Waals surface area (Å²) < 4.78 is 7.91. The van der Waals surface area contributed by atoms with E-state index in [2.05, 4.69) is 31.9 Å². The van der Waals surface area contributed by atoms with Crippen LogP contribution in [0.1, 0.15) is 22.5 Å². The molecule has 6 heteroatoms. The molecule has 0 saturated carbocycles. The van der Waals surface area contributed by atoms with Gasteiger partial charge in [0.05, 0.1) is 17.9 Å². The highest BCUT2D eigenvalue weighted by Crippen LogP contribution is 2.28. The topological polar surface area (TPSA) is 59.0 Å². The Hall–Kier alpha value is -2.60. The molecule has 1 aliphatic heterocycles. The van der Waals surface area contributed by atoms with Crippen LogP contribution in [0.2, 0.25) is 0 Å². The second-order valence-corrected chi connectivity index (χ2v) is 5.99. The number of nitrogens with zero attached hydrogens (tertiary/aromatic N) is 4. The Bertz CT molecular complexity index is 883. The first-order valence-electron chi connectivity index (χ1n) is 7.42. The van der Waals surface area contributed by atoms with Crippen molar-refractivity contribution in [2.45, 2.75) is 6.42 Å². The fraction of sp³-hybridized carbons (Fsp3) is 0.176. The normalized spacial score (nSPS) is 14.8. The van der Waals surface area contributed by atoms with Crippen LogP contribution in [-0.4, -0.2) is 37.6 Å². The molecule has 23 heavy (non-hydrogen) atoms. The van der Waals surface area contributed by atoms with Crippen LogP contribution >= 0.6 is 11.7 Å². The summed E-state index contributed by atoms with van der Waals surface area (Å²) in [5.74, 6) is -0.0508. The predicted molar refractivity (Wildman–Crippen MR) is 90.1 cm³/mol. The van der Waals surface area contributed by atoms with E-state index in [1.54, 1.807) is 4.90 Å². The number of carbonyl (C=O) groups excluding carboxylic acids is 1. The number of hydrogen-bond donors (Lipinski definition) is 0. The lowest BCUT2D eigenvalue weighted by Gasteiger charge is -2.26.